The third kappa shape index (κ3) is 3.10. The van der Waals surface area contributed by atoms with Crippen molar-refractivity contribution >= 4 is 29.1 Å². The Bertz CT molecular complexity index is 696. The van der Waals surface area contributed by atoms with Gasteiger partial charge in [-0.25, -0.2) is 0 Å². The molecule has 0 aliphatic heterocycles. The molecule has 22 heavy (non-hydrogen) atoms. The zero-order chi connectivity index (χ0) is 15.5. The maximum absolute atomic E-state index is 11.8. The van der Waals surface area contributed by atoms with E-state index in [1.54, 1.807) is 0 Å². The highest BCUT2D eigenvalue weighted by molar-refractivity contribution is 8.00. The quantitative estimate of drug-likeness (QED) is 0.776. The van der Waals surface area contributed by atoms with E-state index in [0.717, 1.165) is 29.4 Å². The van der Waals surface area contributed by atoms with Crippen LogP contribution >= 0.6 is 23.4 Å². The number of ketones is 1. The number of thioether (sulfide) groups is 1. The molecule has 2 aromatic rings. The van der Waals surface area contributed by atoms with E-state index in [-0.39, 0.29) is 5.25 Å². The van der Waals surface area contributed by atoms with Crippen molar-refractivity contribution in [3.05, 3.63) is 41.9 Å². The third-order valence-electron chi connectivity index (χ3n) is 3.63. The standard InChI is InChI=1S/C16H16ClN3OS/c1-2-10-20-15(11-6-8-12(17)9-7-11)18-19-16(20)22-14-5-3-4-13(14)21/h2,6-9,14H,1,3-5,10H2. The van der Waals surface area contributed by atoms with Crippen LogP contribution in [-0.4, -0.2) is 25.8 Å². The molecule has 0 saturated heterocycles. The van der Waals surface area contributed by atoms with Crippen LogP contribution in [0, 0.1) is 0 Å². The van der Waals surface area contributed by atoms with Crippen LogP contribution in [0.3, 0.4) is 0 Å². The molecule has 1 atom stereocenters. The molecule has 1 fully saturated rings. The van der Waals surface area contributed by atoms with Gasteiger partial charge in [-0.1, -0.05) is 29.4 Å². The first-order valence-electron chi connectivity index (χ1n) is 7.18. The Balaban J connectivity index is 1.92. The fourth-order valence-corrected chi connectivity index (χ4v) is 3.81. The van der Waals surface area contributed by atoms with Gasteiger partial charge in [-0.2, -0.15) is 0 Å². The Hall–Kier alpha value is -1.59. The molecule has 0 radical (unpaired) electrons. The summed E-state index contributed by atoms with van der Waals surface area (Å²) in [7, 11) is 0. The smallest absolute Gasteiger partial charge is 0.192 e. The summed E-state index contributed by atoms with van der Waals surface area (Å²) >= 11 is 7.44. The van der Waals surface area contributed by atoms with Gasteiger partial charge in [0.2, 0.25) is 0 Å². The summed E-state index contributed by atoms with van der Waals surface area (Å²) in [5.74, 6) is 1.08. The molecule has 3 rings (SSSR count). The van der Waals surface area contributed by atoms with Crippen molar-refractivity contribution in [2.24, 2.45) is 0 Å². The van der Waals surface area contributed by atoms with Crippen LogP contribution in [0.1, 0.15) is 19.3 Å². The van der Waals surface area contributed by atoms with Gasteiger partial charge in [0, 0.05) is 23.6 Å². The maximum atomic E-state index is 11.8. The monoisotopic (exact) mass is 333 g/mol. The molecule has 0 spiro atoms. The maximum Gasteiger partial charge on any atom is 0.192 e. The van der Waals surface area contributed by atoms with Crippen molar-refractivity contribution in [2.45, 2.75) is 36.2 Å². The van der Waals surface area contributed by atoms with E-state index in [4.69, 9.17) is 11.6 Å². The van der Waals surface area contributed by atoms with Gasteiger partial charge in [-0.05, 0) is 37.1 Å². The van der Waals surface area contributed by atoms with Gasteiger partial charge in [0.1, 0.15) is 5.78 Å². The van der Waals surface area contributed by atoms with E-state index in [9.17, 15) is 4.79 Å². The van der Waals surface area contributed by atoms with Gasteiger partial charge in [0.25, 0.3) is 0 Å². The van der Waals surface area contributed by atoms with E-state index in [1.165, 1.54) is 11.8 Å². The van der Waals surface area contributed by atoms with Gasteiger partial charge in [-0.3, -0.25) is 9.36 Å². The van der Waals surface area contributed by atoms with Crippen LogP contribution in [0.2, 0.25) is 5.02 Å². The Morgan fingerprint density at radius 2 is 2.14 bits per heavy atom. The lowest BCUT2D eigenvalue weighted by Crippen LogP contribution is -2.10. The lowest BCUT2D eigenvalue weighted by Gasteiger charge is -2.10. The van der Waals surface area contributed by atoms with Gasteiger partial charge in [-0.15, -0.1) is 16.8 Å². The van der Waals surface area contributed by atoms with E-state index in [2.05, 4.69) is 16.8 Å². The number of Topliss-reactive ketones (excluding diaryl/α,β-unsaturated/α-hetero) is 1. The van der Waals surface area contributed by atoms with Crippen molar-refractivity contribution in [2.75, 3.05) is 0 Å². The lowest BCUT2D eigenvalue weighted by molar-refractivity contribution is -0.116. The highest BCUT2D eigenvalue weighted by atomic mass is 35.5. The molecule has 1 aliphatic carbocycles. The lowest BCUT2D eigenvalue weighted by atomic mass is 10.2. The second kappa shape index (κ2) is 6.67. The zero-order valence-electron chi connectivity index (χ0n) is 12.0. The summed E-state index contributed by atoms with van der Waals surface area (Å²) in [6.07, 6.45) is 4.37. The summed E-state index contributed by atoms with van der Waals surface area (Å²) in [6, 6.07) is 7.50. The molecular formula is C16H16ClN3OS. The Kier molecular flexibility index (Phi) is 4.64. The largest absolute Gasteiger partial charge is 0.298 e. The number of benzene rings is 1. The van der Waals surface area contributed by atoms with Crippen molar-refractivity contribution in [1.82, 2.24) is 14.8 Å². The van der Waals surface area contributed by atoms with Gasteiger partial charge in [0.05, 0.1) is 5.25 Å². The van der Waals surface area contributed by atoms with E-state index in [1.807, 2.05) is 34.9 Å². The first kappa shape index (κ1) is 15.3. The zero-order valence-corrected chi connectivity index (χ0v) is 13.6. The number of hydrogen-bond acceptors (Lipinski definition) is 4. The van der Waals surface area contributed by atoms with Gasteiger partial charge < -0.3 is 0 Å². The number of carbonyl (C=O) groups is 1. The number of carbonyl (C=O) groups excluding carboxylic acids is 1. The van der Waals surface area contributed by atoms with Gasteiger partial charge in [0.15, 0.2) is 11.0 Å². The summed E-state index contributed by atoms with van der Waals surface area (Å²) in [5, 5.41) is 10.0. The average Bonchev–Trinajstić information content (AvgIpc) is 3.09. The molecule has 0 amide bonds. The molecule has 0 N–H and O–H groups in total. The predicted molar refractivity (Wildman–Crippen MR) is 89.2 cm³/mol. The minimum Gasteiger partial charge on any atom is -0.298 e. The topological polar surface area (TPSA) is 47.8 Å². The number of nitrogens with zero attached hydrogens (tertiary/aromatic N) is 3. The van der Waals surface area contributed by atoms with Crippen LogP contribution in [0.25, 0.3) is 11.4 Å². The molecule has 1 aromatic heterocycles. The third-order valence-corrected chi connectivity index (χ3v) is 5.18. The fraction of sp³-hybridized carbons (Fsp3) is 0.312. The van der Waals surface area contributed by atoms with Crippen LogP contribution in [0.15, 0.2) is 42.1 Å². The predicted octanol–water partition coefficient (Wildman–Crippen LogP) is 4.00. The summed E-state index contributed by atoms with van der Waals surface area (Å²) in [4.78, 5) is 11.8. The average molecular weight is 334 g/mol. The molecule has 1 heterocycles. The van der Waals surface area contributed by atoms with Crippen LogP contribution < -0.4 is 0 Å². The number of aromatic nitrogens is 3. The number of halogens is 1. The first-order valence-corrected chi connectivity index (χ1v) is 8.44. The summed E-state index contributed by atoms with van der Waals surface area (Å²) in [5.41, 5.74) is 0.948. The van der Waals surface area contributed by atoms with Crippen LogP contribution in [0.5, 0.6) is 0 Å². The number of allylic oxidation sites excluding steroid dienone is 1. The first-order chi connectivity index (χ1) is 10.7. The second-order valence-electron chi connectivity index (χ2n) is 5.18. The van der Waals surface area contributed by atoms with Crippen molar-refractivity contribution in [3.63, 3.8) is 0 Å². The Labute approximate surface area is 138 Å². The molecule has 0 bridgehead atoms. The normalized spacial score (nSPS) is 17.9. The van der Waals surface area contributed by atoms with Crippen molar-refractivity contribution in [1.29, 1.82) is 0 Å². The van der Waals surface area contributed by atoms with E-state index in [0.29, 0.717) is 23.8 Å². The fourth-order valence-electron chi connectivity index (χ4n) is 2.52. The highest BCUT2D eigenvalue weighted by Crippen LogP contribution is 2.33. The van der Waals surface area contributed by atoms with Crippen molar-refractivity contribution < 1.29 is 4.79 Å². The minimum absolute atomic E-state index is 0.00540. The Morgan fingerprint density at radius 3 is 2.77 bits per heavy atom. The molecular weight excluding hydrogens is 318 g/mol. The highest BCUT2D eigenvalue weighted by Gasteiger charge is 2.27. The van der Waals surface area contributed by atoms with Gasteiger partial charge >= 0.3 is 0 Å². The minimum atomic E-state index is 0.00540. The molecule has 1 aliphatic rings. The Morgan fingerprint density at radius 1 is 1.36 bits per heavy atom. The number of hydrogen-bond donors (Lipinski definition) is 0. The molecule has 1 unspecified atom stereocenters. The van der Waals surface area contributed by atoms with E-state index < -0.39 is 0 Å². The summed E-state index contributed by atoms with van der Waals surface area (Å²) in [6.45, 7) is 4.40. The van der Waals surface area contributed by atoms with Crippen LogP contribution in [-0.2, 0) is 11.3 Å². The molecule has 1 aromatic carbocycles. The molecule has 114 valence electrons. The molecule has 1 saturated carbocycles. The second-order valence-corrected chi connectivity index (χ2v) is 6.78. The molecule has 6 heteroatoms. The summed E-state index contributed by atoms with van der Waals surface area (Å²) < 4.78 is 1.99. The SMILES string of the molecule is C=CCn1c(SC2CCCC2=O)nnc1-c1ccc(Cl)cc1. The van der Waals surface area contributed by atoms with Crippen LogP contribution in [0.4, 0.5) is 0 Å². The van der Waals surface area contributed by atoms with E-state index >= 15 is 0 Å². The van der Waals surface area contributed by atoms with Crippen molar-refractivity contribution in [3.8, 4) is 11.4 Å². The molecule has 4 nitrogen and oxygen atoms in total. The number of rotatable bonds is 5.